The summed E-state index contributed by atoms with van der Waals surface area (Å²) in [6, 6.07) is 11.7. The summed E-state index contributed by atoms with van der Waals surface area (Å²) in [6.07, 6.45) is 0. The van der Waals surface area contributed by atoms with Crippen LogP contribution in [0.25, 0.3) is 0 Å². The first-order chi connectivity index (χ1) is 11.6. The molecule has 24 heavy (non-hydrogen) atoms. The lowest BCUT2D eigenvalue weighted by molar-refractivity contribution is -0.384. The first kappa shape index (κ1) is 15.6. The van der Waals surface area contributed by atoms with E-state index in [0.29, 0.717) is 30.4 Å². The largest absolute Gasteiger partial charge is 0.486 e. The minimum absolute atomic E-state index is 0.107. The lowest BCUT2D eigenvalue weighted by atomic mass is 10.1. The third kappa shape index (κ3) is 3.08. The molecule has 2 aromatic rings. The SMILES string of the molecule is C[C@H](Nc1ccc([N+](=O)[O-])cc1C#N)c1ccc2c(c1)OCCO2. The zero-order chi connectivity index (χ0) is 17.1. The second kappa shape index (κ2) is 6.46. The van der Waals surface area contributed by atoms with E-state index in [1.165, 1.54) is 12.1 Å². The van der Waals surface area contributed by atoms with E-state index < -0.39 is 4.92 Å². The molecule has 7 heteroatoms. The molecule has 0 spiro atoms. The number of fused-ring (bicyclic) bond motifs is 1. The van der Waals surface area contributed by atoms with E-state index in [4.69, 9.17) is 9.47 Å². The molecule has 1 heterocycles. The minimum Gasteiger partial charge on any atom is -0.486 e. The molecule has 7 nitrogen and oxygen atoms in total. The number of nitro groups is 1. The fourth-order valence-electron chi connectivity index (χ4n) is 2.51. The van der Waals surface area contributed by atoms with Crippen molar-refractivity contribution in [2.75, 3.05) is 18.5 Å². The third-order valence-corrected chi connectivity index (χ3v) is 3.77. The zero-order valence-corrected chi connectivity index (χ0v) is 13.0. The molecule has 0 fully saturated rings. The molecule has 1 aliphatic rings. The second-order valence-corrected chi connectivity index (χ2v) is 5.37. The molecule has 122 valence electrons. The Morgan fingerprint density at radius 2 is 1.96 bits per heavy atom. The molecule has 0 radical (unpaired) electrons. The highest BCUT2D eigenvalue weighted by Gasteiger charge is 2.16. The summed E-state index contributed by atoms with van der Waals surface area (Å²) in [6.45, 7) is 2.99. The summed E-state index contributed by atoms with van der Waals surface area (Å²) in [5.74, 6) is 1.40. The Morgan fingerprint density at radius 3 is 2.67 bits per heavy atom. The molecule has 0 aromatic heterocycles. The highest BCUT2D eigenvalue weighted by Crippen LogP contribution is 2.34. The Bertz CT molecular complexity index is 829. The van der Waals surface area contributed by atoms with Gasteiger partial charge in [-0.25, -0.2) is 0 Å². The van der Waals surface area contributed by atoms with E-state index in [1.54, 1.807) is 6.07 Å². The number of anilines is 1. The van der Waals surface area contributed by atoms with Crippen LogP contribution in [0.1, 0.15) is 24.1 Å². The van der Waals surface area contributed by atoms with Crippen LogP contribution in [0.15, 0.2) is 36.4 Å². The van der Waals surface area contributed by atoms with Crippen molar-refractivity contribution in [3.05, 3.63) is 57.6 Å². The Morgan fingerprint density at radius 1 is 1.21 bits per heavy atom. The van der Waals surface area contributed by atoms with Crippen molar-refractivity contribution in [1.29, 1.82) is 5.26 Å². The second-order valence-electron chi connectivity index (χ2n) is 5.37. The van der Waals surface area contributed by atoms with E-state index in [2.05, 4.69) is 5.32 Å². The van der Waals surface area contributed by atoms with Crippen molar-refractivity contribution < 1.29 is 14.4 Å². The monoisotopic (exact) mass is 325 g/mol. The predicted molar refractivity (Wildman–Crippen MR) is 87.3 cm³/mol. The van der Waals surface area contributed by atoms with Gasteiger partial charge in [-0.15, -0.1) is 0 Å². The van der Waals surface area contributed by atoms with Crippen LogP contribution >= 0.6 is 0 Å². The summed E-state index contributed by atoms with van der Waals surface area (Å²) >= 11 is 0. The van der Waals surface area contributed by atoms with Gasteiger partial charge in [-0.1, -0.05) is 6.07 Å². The Kier molecular flexibility index (Phi) is 4.20. The maximum Gasteiger partial charge on any atom is 0.270 e. The number of non-ortho nitro benzene ring substituents is 1. The number of nitro benzene ring substituents is 1. The molecule has 0 amide bonds. The van der Waals surface area contributed by atoms with Crippen LogP contribution in [0, 0.1) is 21.4 Å². The molecule has 0 aliphatic carbocycles. The number of benzene rings is 2. The molecule has 0 bridgehead atoms. The van der Waals surface area contributed by atoms with Gasteiger partial charge in [0, 0.05) is 18.2 Å². The average Bonchev–Trinajstić information content (AvgIpc) is 2.61. The van der Waals surface area contributed by atoms with Crippen molar-refractivity contribution in [1.82, 2.24) is 0 Å². The lowest BCUT2D eigenvalue weighted by Crippen LogP contribution is -2.16. The standard InChI is InChI=1S/C17H15N3O4/c1-11(12-2-5-16-17(9-12)24-7-6-23-16)19-15-4-3-14(20(21)22)8-13(15)10-18/h2-5,8-9,11,19H,6-7H2,1H3/t11-/m0/s1. The lowest BCUT2D eigenvalue weighted by Gasteiger charge is -2.21. The number of nitrogens with zero attached hydrogens (tertiary/aromatic N) is 2. The predicted octanol–water partition coefficient (Wildman–Crippen LogP) is 3.41. The molecule has 2 aromatic carbocycles. The van der Waals surface area contributed by atoms with Gasteiger partial charge in [0.05, 0.1) is 16.2 Å². The Balaban J connectivity index is 1.83. The van der Waals surface area contributed by atoms with Gasteiger partial charge < -0.3 is 14.8 Å². The summed E-state index contributed by atoms with van der Waals surface area (Å²) in [7, 11) is 0. The topological polar surface area (TPSA) is 97.4 Å². The van der Waals surface area contributed by atoms with Crippen LogP contribution in [0.3, 0.4) is 0 Å². The zero-order valence-electron chi connectivity index (χ0n) is 13.0. The highest BCUT2D eigenvalue weighted by atomic mass is 16.6. The maximum absolute atomic E-state index is 10.8. The van der Waals surface area contributed by atoms with Gasteiger partial charge in [0.2, 0.25) is 0 Å². The molecule has 0 saturated carbocycles. The minimum atomic E-state index is -0.519. The number of rotatable bonds is 4. The van der Waals surface area contributed by atoms with E-state index in [1.807, 2.05) is 31.2 Å². The van der Waals surface area contributed by atoms with E-state index in [9.17, 15) is 15.4 Å². The quantitative estimate of drug-likeness (QED) is 0.683. The molecule has 1 atom stereocenters. The van der Waals surface area contributed by atoms with Gasteiger partial charge in [-0.3, -0.25) is 10.1 Å². The van der Waals surface area contributed by atoms with Gasteiger partial charge in [-0.05, 0) is 30.7 Å². The van der Waals surface area contributed by atoms with Gasteiger partial charge >= 0.3 is 0 Å². The molecular weight excluding hydrogens is 310 g/mol. The van der Waals surface area contributed by atoms with Crippen LogP contribution in [0.5, 0.6) is 11.5 Å². The molecular formula is C17H15N3O4. The fourth-order valence-corrected chi connectivity index (χ4v) is 2.51. The van der Waals surface area contributed by atoms with Gasteiger partial charge in [0.25, 0.3) is 5.69 Å². The van der Waals surface area contributed by atoms with Crippen LogP contribution in [-0.4, -0.2) is 18.1 Å². The first-order valence-corrected chi connectivity index (χ1v) is 7.43. The smallest absolute Gasteiger partial charge is 0.270 e. The van der Waals surface area contributed by atoms with Crippen molar-refractivity contribution in [3.8, 4) is 17.6 Å². The first-order valence-electron chi connectivity index (χ1n) is 7.43. The fraction of sp³-hybridized carbons (Fsp3) is 0.235. The van der Waals surface area contributed by atoms with Crippen LogP contribution in [0.4, 0.5) is 11.4 Å². The van der Waals surface area contributed by atoms with Gasteiger partial charge in [0.1, 0.15) is 19.3 Å². The highest BCUT2D eigenvalue weighted by molar-refractivity contribution is 5.62. The average molecular weight is 325 g/mol. The Hall–Kier alpha value is -3.27. The summed E-state index contributed by atoms with van der Waals surface area (Å²) in [4.78, 5) is 10.3. The van der Waals surface area contributed by atoms with Crippen molar-refractivity contribution in [3.63, 3.8) is 0 Å². The molecule has 0 saturated heterocycles. The summed E-state index contributed by atoms with van der Waals surface area (Å²) in [5, 5.41) is 23.2. The number of hydrogen-bond acceptors (Lipinski definition) is 6. The van der Waals surface area contributed by atoms with Crippen molar-refractivity contribution >= 4 is 11.4 Å². The summed E-state index contributed by atoms with van der Waals surface area (Å²) < 4.78 is 11.1. The van der Waals surface area contributed by atoms with E-state index in [0.717, 1.165) is 5.56 Å². The number of nitriles is 1. The van der Waals surface area contributed by atoms with Crippen molar-refractivity contribution in [2.45, 2.75) is 13.0 Å². The molecule has 3 rings (SSSR count). The Labute approximate surface area is 138 Å². The maximum atomic E-state index is 10.8. The molecule has 1 N–H and O–H groups in total. The summed E-state index contributed by atoms with van der Waals surface area (Å²) in [5.41, 5.74) is 1.63. The number of nitrogens with one attached hydrogen (secondary N) is 1. The molecule has 1 aliphatic heterocycles. The van der Waals surface area contributed by atoms with E-state index in [-0.39, 0.29) is 17.3 Å². The van der Waals surface area contributed by atoms with E-state index >= 15 is 0 Å². The van der Waals surface area contributed by atoms with Crippen molar-refractivity contribution in [2.24, 2.45) is 0 Å². The van der Waals surface area contributed by atoms with Crippen LogP contribution in [-0.2, 0) is 0 Å². The third-order valence-electron chi connectivity index (χ3n) is 3.77. The van der Waals surface area contributed by atoms with Crippen LogP contribution in [0.2, 0.25) is 0 Å². The van der Waals surface area contributed by atoms with Gasteiger partial charge in [-0.2, -0.15) is 5.26 Å². The number of ether oxygens (including phenoxy) is 2. The normalized spacial score (nSPS) is 13.7. The number of hydrogen-bond donors (Lipinski definition) is 1. The van der Waals surface area contributed by atoms with Gasteiger partial charge in [0.15, 0.2) is 11.5 Å². The van der Waals surface area contributed by atoms with Crippen LogP contribution < -0.4 is 14.8 Å². The molecule has 0 unspecified atom stereocenters.